The zero-order chi connectivity index (χ0) is 25.1. The lowest BCUT2D eigenvalue weighted by Gasteiger charge is -2.13. The van der Waals surface area contributed by atoms with Crippen molar-refractivity contribution in [3.8, 4) is 0 Å². The number of nitro benzene ring substituents is 1. The first kappa shape index (κ1) is 24.9. The molecule has 4 aromatic rings. The van der Waals surface area contributed by atoms with Gasteiger partial charge in [-0.2, -0.15) is 0 Å². The van der Waals surface area contributed by atoms with Gasteiger partial charge in [-0.15, -0.1) is 11.3 Å². The minimum atomic E-state index is -0.486. The van der Waals surface area contributed by atoms with Crippen LogP contribution in [0.2, 0.25) is 5.02 Å². The zero-order valence-electron chi connectivity index (χ0n) is 18.8. The third-order valence-electron chi connectivity index (χ3n) is 5.20. The van der Waals surface area contributed by atoms with Crippen LogP contribution in [0.25, 0.3) is 10.2 Å². The zero-order valence-corrected chi connectivity index (χ0v) is 21.2. The Kier molecular flexibility index (Phi) is 7.54. The summed E-state index contributed by atoms with van der Waals surface area (Å²) in [6.07, 6.45) is 0. The summed E-state index contributed by atoms with van der Waals surface area (Å²) < 4.78 is 6.69. The van der Waals surface area contributed by atoms with E-state index in [0.717, 1.165) is 22.5 Å². The summed E-state index contributed by atoms with van der Waals surface area (Å²) in [5.74, 6) is -0.121. The Balaban J connectivity index is 1.80. The fraction of sp³-hybridized carbons (Fsp3) is 0.208. The molecule has 0 unspecified atom stereocenters. The highest BCUT2D eigenvalue weighted by Crippen LogP contribution is 2.31. The number of carbonyl (C=O) groups is 1. The first-order valence-electron chi connectivity index (χ1n) is 10.6. The van der Waals surface area contributed by atoms with Crippen LogP contribution >= 0.6 is 34.7 Å². The largest absolute Gasteiger partial charge is 0.462 e. The van der Waals surface area contributed by atoms with Crippen molar-refractivity contribution in [3.63, 3.8) is 0 Å². The van der Waals surface area contributed by atoms with Crippen LogP contribution < -0.4 is 5.56 Å². The van der Waals surface area contributed by atoms with Crippen LogP contribution in [-0.4, -0.2) is 27.1 Å². The minimum Gasteiger partial charge on any atom is -0.462 e. The van der Waals surface area contributed by atoms with Crippen molar-refractivity contribution in [2.75, 3.05) is 6.61 Å². The summed E-state index contributed by atoms with van der Waals surface area (Å²) in [7, 11) is 0. The van der Waals surface area contributed by atoms with Crippen LogP contribution in [0.15, 0.2) is 58.5 Å². The van der Waals surface area contributed by atoms with Crippen LogP contribution in [-0.2, 0) is 17.0 Å². The fourth-order valence-corrected chi connectivity index (χ4v) is 5.83. The van der Waals surface area contributed by atoms with Crippen LogP contribution in [0.4, 0.5) is 5.69 Å². The third-order valence-corrected chi connectivity index (χ3v) is 7.64. The molecule has 0 saturated carbocycles. The standard InChI is InChI=1S/C24H20ClN3O5S2/c1-3-33-23(30)20-14(2)19-21(35-20)26-24(34-13-16-7-5-9-18(11-16)28(31)32)27(22(19)29)12-15-6-4-8-17(25)10-15/h4-11H,3,12-13H2,1-2H3. The molecule has 0 fully saturated rings. The number of fused-ring (bicyclic) bond motifs is 1. The average molecular weight is 530 g/mol. The van der Waals surface area contributed by atoms with Gasteiger partial charge in [-0.25, -0.2) is 9.78 Å². The summed E-state index contributed by atoms with van der Waals surface area (Å²) in [6.45, 7) is 3.89. The fourth-order valence-electron chi connectivity index (χ4n) is 3.56. The van der Waals surface area contributed by atoms with Gasteiger partial charge in [-0.05, 0) is 42.7 Å². The number of ether oxygens (including phenoxy) is 1. The number of nitro groups is 1. The molecule has 4 rings (SSSR count). The second-order valence-corrected chi connectivity index (χ2v) is 9.97. The van der Waals surface area contributed by atoms with Crippen molar-refractivity contribution >= 4 is 56.6 Å². The SMILES string of the molecule is CCOC(=O)c1sc2nc(SCc3cccc([N+](=O)[O-])c3)n(Cc3cccc(Cl)c3)c(=O)c2c1C. The van der Waals surface area contributed by atoms with E-state index in [-0.39, 0.29) is 24.4 Å². The maximum Gasteiger partial charge on any atom is 0.348 e. The van der Waals surface area contributed by atoms with Gasteiger partial charge in [0.1, 0.15) is 9.71 Å². The van der Waals surface area contributed by atoms with Gasteiger partial charge in [-0.1, -0.05) is 47.6 Å². The highest BCUT2D eigenvalue weighted by molar-refractivity contribution is 7.98. The highest BCUT2D eigenvalue weighted by Gasteiger charge is 2.23. The monoisotopic (exact) mass is 529 g/mol. The molecule has 0 aliphatic carbocycles. The van der Waals surface area contributed by atoms with E-state index in [1.54, 1.807) is 48.7 Å². The Morgan fingerprint density at radius 1 is 1.23 bits per heavy atom. The average Bonchev–Trinajstić information content (AvgIpc) is 3.16. The lowest BCUT2D eigenvalue weighted by Crippen LogP contribution is -2.24. The molecule has 0 saturated heterocycles. The van der Waals surface area contributed by atoms with Gasteiger partial charge in [0, 0.05) is 22.9 Å². The first-order chi connectivity index (χ1) is 16.8. The molecular formula is C24H20ClN3O5S2. The number of thioether (sulfide) groups is 1. The lowest BCUT2D eigenvalue weighted by molar-refractivity contribution is -0.384. The second-order valence-electron chi connectivity index (χ2n) is 7.59. The van der Waals surface area contributed by atoms with Crippen LogP contribution in [0.1, 0.15) is 33.3 Å². The molecule has 2 heterocycles. The van der Waals surface area contributed by atoms with E-state index in [4.69, 9.17) is 21.3 Å². The summed E-state index contributed by atoms with van der Waals surface area (Å²) in [5, 5.41) is 12.5. The molecule has 0 aliphatic rings. The molecule has 0 radical (unpaired) electrons. The Hall–Kier alpha value is -3.21. The Bertz CT molecular complexity index is 1500. The molecule has 0 spiro atoms. The molecule has 0 aliphatic heterocycles. The molecule has 11 heteroatoms. The number of hydrogen-bond donors (Lipinski definition) is 0. The third kappa shape index (κ3) is 5.39. The van der Waals surface area contributed by atoms with Gasteiger partial charge in [0.15, 0.2) is 5.16 Å². The summed E-state index contributed by atoms with van der Waals surface area (Å²) >= 11 is 8.56. The predicted molar refractivity (Wildman–Crippen MR) is 138 cm³/mol. The molecule has 35 heavy (non-hydrogen) atoms. The summed E-state index contributed by atoms with van der Waals surface area (Å²) in [5.41, 5.74) is 1.80. The number of nitrogens with zero attached hydrogens (tertiary/aromatic N) is 3. The van der Waals surface area contributed by atoms with E-state index in [9.17, 15) is 19.7 Å². The number of carbonyl (C=O) groups excluding carboxylic acids is 1. The van der Waals surface area contributed by atoms with E-state index in [1.165, 1.54) is 23.9 Å². The lowest BCUT2D eigenvalue weighted by atomic mass is 10.2. The predicted octanol–water partition coefficient (Wildman–Crippen LogP) is 5.85. The molecule has 0 atom stereocenters. The number of esters is 1. The van der Waals surface area contributed by atoms with Gasteiger partial charge in [0.05, 0.1) is 23.5 Å². The number of non-ortho nitro benzene ring substituents is 1. The van der Waals surface area contributed by atoms with Crippen LogP contribution in [0, 0.1) is 17.0 Å². The summed E-state index contributed by atoms with van der Waals surface area (Å²) in [6, 6.07) is 13.5. The van der Waals surface area contributed by atoms with Crippen molar-refractivity contribution in [3.05, 3.63) is 95.6 Å². The minimum absolute atomic E-state index is 0.00390. The number of thiophene rings is 1. The van der Waals surface area contributed by atoms with E-state index in [2.05, 4.69) is 0 Å². The quantitative estimate of drug-likeness (QED) is 0.0927. The number of benzene rings is 2. The molecular weight excluding hydrogens is 510 g/mol. The second kappa shape index (κ2) is 10.6. The van der Waals surface area contributed by atoms with E-state index in [1.807, 2.05) is 6.07 Å². The Labute approximate surface area is 213 Å². The van der Waals surface area contributed by atoms with Gasteiger partial charge in [0.2, 0.25) is 0 Å². The topological polar surface area (TPSA) is 104 Å². The summed E-state index contributed by atoms with van der Waals surface area (Å²) in [4.78, 5) is 42.3. The first-order valence-corrected chi connectivity index (χ1v) is 12.8. The number of aryl methyl sites for hydroxylation is 1. The number of rotatable bonds is 8. The molecule has 2 aromatic heterocycles. The molecule has 0 bridgehead atoms. The normalized spacial score (nSPS) is 11.1. The van der Waals surface area contributed by atoms with Gasteiger partial charge in [0.25, 0.3) is 11.2 Å². The van der Waals surface area contributed by atoms with Crippen molar-refractivity contribution in [1.29, 1.82) is 0 Å². The Morgan fingerprint density at radius 3 is 2.69 bits per heavy atom. The number of hydrogen-bond acceptors (Lipinski definition) is 8. The van der Waals surface area contributed by atoms with E-state index in [0.29, 0.717) is 36.6 Å². The molecule has 2 aromatic carbocycles. The maximum atomic E-state index is 13.6. The molecule has 0 N–H and O–H groups in total. The maximum absolute atomic E-state index is 13.6. The van der Waals surface area contributed by atoms with Crippen LogP contribution in [0.3, 0.4) is 0 Å². The molecule has 0 amide bonds. The van der Waals surface area contributed by atoms with Gasteiger partial charge < -0.3 is 4.74 Å². The molecule has 8 nitrogen and oxygen atoms in total. The van der Waals surface area contributed by atoms with Crippen molar-refractivity contribution < 1.29 is 14.5 Å². The van der Waals surface area contributed by atoms with E-state index < -0.39 is 10.9 Å². The van der Waals surface area contributed by atoms with E-state index >= 15 is 0 Å². The smallest absolute Gasteiger partial charge is 0.348 e. The van der Waals surface area contributed by atoms with Gasteiger partial charge >= 0.3 is 5.97 Å². The molecule has 180 valence electrons. The van der Waals surface area contributed by atoms with Crippen molar-refractivity contribution in [2.24, 2.45) is 0 Å². The van der Waals surface area contributed by atoms with Crippen molar-refractivity contribution in [1.82, 2.24) is 9.55 Å². The van der Waals surface area contributed by atoms with Gasteiger partial charge in [-0.3, -0.25) is 19.5 Å². The number of halogens is 1. The number of aromatic nitrogens is 2. The van der Waals surface area contributed by atoms with Crippen LogP contribution in [0.5, 0.6) is 0 Å². The van der Waals surface area contributed by atoms with Crippen molar-refractivity contribution in [2.45, 2.75) is 31.3 Å². The highest BCUT2D eigenvalue weighted by atomic mass is 35.5. The Morgan fingerprint density at radius 2 is 1.97 bits per heavy atom.